The van der Waals surface area contributed by atoms with Crippen molar-refractivity contribution in [2.24, 2.45) is 0 Å². The third-order valence-corrected chi connectivity index (χ3v) is 2.89. The van der Waals surface area contributed by atoms with Crippen LogP contribution in [0.3, 0.4) is 0 Å². The van der Waals surface area contributed by atoms with E-state index in [1.54, 1.807) is 4.90 Å². The first kappa shape index (κ1) is 14.3. The number of morpholine rings is 1. The van der Waals surface area contributed by atoms with Gasteiger partial charge in [0.2, 0.25) is 5.28 Å². The Kier molecular flexibility index (Phi) is 3.61. The molecule has 0 unspecified atom stereocenters. The van der Waals surface area contributed by atoms with Crippen molar-refractivity contribution in [2.75, 3.05) is 24.6 Å². The fourth-order valence-corrected chi connectivity index (χ4v) is 2.10. The highest BCUT2D eigenvalue weighted by atomic mass is 35.5. The molecule has 0 aliphatic carbocycles. The first-order valence-corrected chi connectivity index (χ1v) is 6.06. The maximum absolute atomic E-state index is 12.7. The van der Waals surface area contributed by atoms with Crippen molar-refractivity contribution in [3.63, 3.8) is 0 Å². The minimum absolute atomic E-state index is 0.170. The molecule has 0 atom stereocenters. The average molecular weight is 296 g/mol. The average Bonchev–Trinajstić information content (AvgIpc) is 2.25. The summed E-state index contributed by atoms with van der Waals surface area (Å²) in [6.45, 7) is 5.07. The van der Waals surface area contributed by atoms with E-state index in [1.165, 1.54) is 0 Å². The number of nitrogens with zero attached hydrogens (tertiary/aromatic N) is 3. The van der Waals surface area contributed by atoms with Crippen LogP contribution in [0.4, 0.5) is 19.0 Å². The van der Waals surface area contributed by atoms with Crippen molar-refractivity contribution >= 4 is 17.4 Å². The SMILES string of the molecule is CC1(C)CN(c2cc(C(F)(F)F)nc(Cl)n2)CCO1. The number of alkyl halides is 3. The lowest BCUT2D eigenvalue weighted by molar-refractivity contribution is -0.141. The Bertz CT molecular complexity index is 479. The van der Waals surface area contributed by atoms with Crippen LogP contribution in [-0.2, 0) is 10.9 Å². The summed E-state index contributed by atoms with van der Waals surface area (Å²) in [6.07, 6.45) is -4.54. The second kappa shape index (κ2) is 4.79. The van der Waals surface area contributed by atoms with E-state index < -0.39 is 22.8 Å². The molecule has 4 nitrogen and oxygen atoms in total. The van der Waals surface area contributed by atoms with Gasteiger partial charge in [-0.2, -0.15) is 13.2 Å². The molecule has 0 spiro atoms. The Hall–Kier alpha value is -1.08. The van der Waals surface area contributed by atoms with E-state index in [1.807, 2.05) is 13.8 Å². The van der Waals surface area contributed by atoms with Crippen LogP contribution < -0.4 is 4.90 Å². The lowest BCUT2D eigenvalue weighted by Gasteiger charge is -2.38. The summed E-state index contributed by atoms with van der Waals surface area (Å²) in [6, 6.07) is 0.910. The third-order valence-electron chi connectivity index (χ3n) is 2.73. The van der Waals surface area contributed by atoms with E-state index in [0.29, 0.717) is 19.7 Å². The molecule has 1 aromatic rings. The van der Waals surface area contributed by atoms with Crippen molar-refractivity contribution in [1.82, 2.24) is 9.97 Å². The summed E-state index contributed by atoms with van der Waals surface area (Å²) >= 11 is 5.57. The Morgan fingerprint density at radius 1 is 1.37 bits per heavy atom. The third kappa shape index (κ3) is 3.48. The van der Waals surface area contributed by atoms with Crippen LogP contribution in [0, 0.1) is 0 Å². The van der Waals surface area contributed by atoms with Gasteiger partial charge in [0.1, 0.15) is 5.82 Å². The standard InChI is InChI=1S/C11H13ClF3N3O/c1-10(2)6-18(3-4-19-10)8-5-7(11(13,14)15)16-9(12)17-8/h5H,3-4,6H2,1-2H3. The van der Waals surface area contributed by atoms with Crippen molar-refractivity contribution < 1.29 is 17.9 Å². The molecule has 1 aliphatic heterocycles. The highest BCUT2D eigenvalue weighted by Gasteiger charge is 2.35. The van der Waals surface area contributed by atoms with Gasteiger partial charge in [-0.3, -0.25) is 0 Å². The molecule has 0 amide bonds. The van der Waals surface area contributed by atoms with Gasteiger partial charge in [-0.05, 0) is 25.4 Å². The van der Waals surface area contributed by atoms with E-state index >= 15 is 0 Å². The summed E-state index contributed by atoms with van der Waals surface area (Å²) in [5.41, 5.74) is -1.47. The number of hydrogen-bond acceptors (Lipinski definition) is 4. The van der Waals surface area contributed by atoms with Gasteiger partial charge in [0.15, 0.2) is 5.69 Å². The normalized spacial score (nSPS) is 19.6. The first-order chi connectivity index (χ1) is 8.67. The smallest absolute Gasteiger partial charge is 0.372 e. The van der Waals surface area contributed by atoms with Crippen LogP contribution >= 0.6 is 11.6 Å². The number of aromatic nitrogens is 2. The van der Waals surface area contributed by atoms with Crippen LogP contribution in [0.1, 0.15) is 19.5 Å². The molecular formula is C11H13ClF3N3O. The number of hydrogen-bond donors (Lipinski definition) is 0. The molecule has 19 heavy (non-hydrogen) atoms. The minimum atomic E-state index is -4.54. The van der Waals surface area contributed by atoms with Gasteiger partial charge in [0, 0.05) is 19.2 Å². The van der Waals surface area contributed by atoms with E-state index in [-0.39, 0.29) is 5.82 Å². The van der Waals surface area contributed by atoms with Crippen LogP contribution in [0.2, 0.25) is 5.28 Å². The fraction of sp³-hybridized carbons (Fsp3) is 0.636. The van der Waals surface area contributed by atoms with Crippen molar-refractivity contribution in [1.29, 1.82) is 0 Å². The summed E-state index contributed by atoms with van der Waals surface area (Å²) in [5, 5.41) is -0.408. The molecule has 0 saturated carbocycles. The lowest BCUT2D eigenvalue weighted by atomic mass is 10.1. The van der Waals surface area contributed by atoms with Gasteiger partial charge in [0.05, 0.1) is 12.2 Å². The lowest BCUT2D eigenvalue weighted by Crippen LogP contribution is -2.48. The second-order valence-corrected chi connectivity index (χ2v) is 5.25. The zero-order chi connectivity index (χ0) is 14.3. The van der Waals surface area contributed by atoms with Crippen LogP contribution in [-0.4, -0.2) is 35.3 Å². The molecule has 1 aliphatic rings. The Balaban J connectivity index is 2.32. The van der Waals surface area contributed by atoms with Gasteiger partial charge in [-0.15, -0.1) is 0 Å². The number of ether oxygens (including phenoxy) is 1. The molecule has 106 valence electrons. The molecular weight excluding hydrogens is 283 g/mol. The molecule has 8 heteroatoms. The van der Waals surface area contributed by atoms with Crippen LogP contribution in [0.5, 0.6) is 0 Å². The van der Waals surface area contributed by atoms with Crippen molar-refractivity contribution in [3.05, 3.63) is 17.0 Å². The molecule has 0 aromatic carbocycles. The summed E-state index contributed by atoms with van der Waals surface area (Å²) < 4.78 is 43.5. The number of anilines is 1. The van der Waals surface area contributed by atoms with Gasteiger partial charge < -0.3 is 9.64 Å². The van der Waals surface area contributed by atoms with Crippen LogP contribution in [0.15, 0.2) is 6.07 Å². The summed E-state index contributed by atoms with van der Waals surface area (Å²) in [4.78, 5) is 8.78. The minimum Gasteiger partial charge on any atom is -0.372 e. The molecule has 0 bridgehead atoms. The van der Waals surface area contributed by atoms with Gasteiger partial charge >= 0.3 is 6.18 Å². The predicted octanol–water partition coefficient (Wildman–Crippen LogP) is 2.76. The largest absolute Gasteiger partial charge is 0.433 e. The zero-order valence-electron chi connectivity index (χ0n) is 10.5. The maximum atomic E-state index is 12.7. The Labute approximate surface area is 113 Å². The van der Waals surface area contributed by atoms with Gasteiger partial charge in [-0.25, -0.2) is 9.97 Å². The monoisotopic (exact) mass is 295 g/mol. The zero-order valence-corrected chi connectivity index (χ0v) is 11.2. The highest BCUT2D eigenvalue weighted by Crippen LogP contribution is 2.31. The van der Waals surface area contributed by atoms with Gasteiger partial charge in [-0.1, -0.05) is 0 Å². The van der Waals surface area contributed by atoms with E-state index in [4.69, 9.17) is 16.3 Å². The fourth-order valence-electron chi connectivity index (χ4n) is 1.92. The van der Waals surface area contributed by atoms with Crippen molar-refractivity contribution in [3.8, 4) is 0 Å². The van der Waals surface area contributed by atoms with Gasteiger partial charge in [0.25, 0.3) is 0 Å². The summed E-state index contributed by atoms with van der Waals surface area (Å²) in [5.74, 6) is 0.170. The predicted molar refractivity (Wildman–Crippen MR) is 64.3 cm³/mol. The van der Waals surface area contributed by atoms with Crippen molar-refractivity contribution in [2.45, 2.75) is 25.6 Å². The molecule has 2 heterocycles. The topological polar surface area (TPSA) is 38.2 Å². The molecule has 2 rings (SSSR count). The Morgan fingerprint density at radius 3 is 2.63 bits per heavy atom. The molecule has 1 fully saturated rings. The first-order valence-electron chi connectivity index (χ1n) is 5.68. The van der Waals surface area contributed by atoms with E-state index in [2.05, 4.69) is 9.97 Å². The second-order valence-electron chi connectivity index (χ2n) is 4.91. The molecule has 1 aromatic heterocycles. The number of halogens is 4. The molecule has 1 saturated heterocycles. The number of rotatable bonds is 1. The maximum Gasteiger partial charge on any atom is 0.433 e. The molecule has 0 N–H and O–H groups in total. The Morgan fingerprint density at radius 2 is 2.05 bits per heavy atom. The van der Waals surface area contributed by atoms with E-state index in [9.17, 15) is 13.2 Å². The van der Waals surface area contributed by atoms with E-state index in [0.717, 1.165) is 6.07 Å². The highest BCUT2D eigenvalue weighted by molar-refractivity contribution is 6.28. The summed E-state index contributed by atoms with van der Waals surface area (Å²) in [7, 11) is 0. The molecule has 0 radical (unpaired) electrons. The quantitative estimate of drug-likeness (QED) is 0.747. The van der Waals surface area contributed by atoms with Crippen LogP contribution in [0.25, 0.3) is 0 Å².